The maximum Gasteiger partial charge on any atom is 0.244 e. The first-order valence-electron chi connectivity index (χ1n) is 9.71. The quantitative estimate of drug-likeness (QED) is 0.444. The van der Waals surface area contributed by atoms with E-state index in [2.05, 4.69) is 21.2 Å². The number of benzene rings is 2. The Bertz CT molecular complexity index is 1120. The second kappa shape index (κ2) is 9.18. The van der Waals surface area contributed by atoms with Crippen molar-refractivity contribution in [2.45, 2.75) is 34.1 Å². The zero-order valence-corrected chi connectivity index (χ0v) is 18.7. The molecular weight excluding hydrogens is 398 g/mol. The zero-order chi connectivity index (χ0) is 21.8. The number of nitrogens with one attached hydrogen (secondary N) is 1. The van der Waals surface area contributed by atoms with Crippen LogP contribution in [-0.4, -0.2) is 23.8 Å². The molecule has 0 fully saturated rings. The molecule has 1 heterocycles. The summed E-state index contributed by atoms with van der Waals surface area (Å²) in [6.07, 6.45) is 1.96. The number of hydrogen-bond donors (Lipinski definition) is 1. The highest BCUT2D eigenvalue weighted by molar-refractivity contribution is 6.30. The Morgan fingerprint density at radius 1 is 1.13 bits per heavy atom. The van der Waals surface area contributed by atoms with Gasteiger partial charge in [-0.1, -0.05) is 35.4 Å². The van der Waals surface area contributed by atoms with Gasteiger partial charge in [-0.2, -0.15) is 5.10 Å². The van der Waals surface area contributed by atoms with Gasteiger partial charge < -0.3 is 9.30 Å². The highest BCUT2D eigenvalue weighted by atomic mass is 35.5. The van der Waals surface area contributed by atoms with Gasteiger partial charge in [-0.05, 0) is 63.1 Å². The molecule has 30 heavy (non-hydrogen) atoms. The van der Waals surface area contributed by atoms with Crippen molar-refractivity contribution < 1.29 is 9.53 Å². The van der Waals surface area contributed by atoms with Crippen molar-refractivity contribution in [3.8, 4) is 11.4 Å². The van der Waals surface area contributed by atoms with Crippen LogP contribution < -0.4 is 10.2 Å². The van der Waals surface area contributed by atoms with E-state index in [-0.39, 0.29) is 5.91 Å². The van der Waals surface area contributed by atoms with Crippen LogP contribution in [0.3, 0.4) is 0 Å². The summed E-state index contributed by atoms with van der Waals surface area (Å²) in [6, 6.07) is 13.6. The number of rotatable bonds is 6. The minimum Gasteiger partial charge on any atom is -0.495 e. The summed E-state index contributed by atoms with van der Waals surface area (Å²) in [4.78, 5) is 12.3. The third-order valence-electron chi connectivity index (χ3n) is 5.09. The van der Waals surface area contributed by atoms with Crippen LogP contribution in [0.5, 0.6) is 5.75 Å². The fourth-order valence-corrected chi connectivity index (χ4v) is 3.72. The lowest BCUT2D eigenvalue weighted by Gasteiger charge is -2.14. The van der Waals surface area contributed by atoms with Gasteiger partial charge in [0.2, 0.25) is 5.91 Å². The predicted molar refractivity (Wildman–Crippen MR) is 122 cm³/mol. The number of aryl methyl sites for hydroxylation is 3. The Hall–Kier alpha value is -3.05. The molecule has 0 aliphatic carbocycles. The monoisotopic (exact) mass is 423 g/mol. The Balaban J connectivity index is 1.76. The van der Waals surface area contributed by atoms with Crippen LogP contribution in [0.1, 0.15) is 33.6 Å². The zero-order valence-electron chi connectivity index (χ0n) is 17.9. The summed E-state index contributed by atoms with van der Waals surface area (Å²) in [6.45, 7) is 8.05. The molecule has 0 aliphatic rings. The summed E-state index contributed by atoms with van der Waals surface area (Å²) in [5.41, 5.74) is 9.66. The van der Waals surface area contributed by atoms with E-state index < -0.39 is 0 Å². The third kappa shape index (κ3) is 4.74. The molecule has 3 rings (SSSR count). The second-order valence-electron chi connectivity index (χ2n) is 7.38. The number of amides is 1. The summed E-state index contributed by atoms with van der Waals surface area (Å²) in [5.74, 6) is 0.579. The molecule has 3 aromatic rings. The van der Waals surface area contributed by atoms with Gasteiger partial charge in [-0.25, -0.2) is 5.43 Å². The molecule has 156 valence electrons. The highest BCUT2D eigenvalue weighted by Gasteiger charge is 2.14. The first-order valence-corrected chi connectivity index (χ1v) is 10.1. The molecule has 1 amide bonds. The molecule has 1 N–H and O–H groups in total. The van der Waals surface area contributed by atoms with Crippen molar-refractivity contribution in [2.24, 2.45) is 5.10 Å². The van der Waals surface area contributed by atoms with E-state index >= 15 is 0 Å². The summed E-state index contributed by atoms with van der Waals surface area (Å²) in [7, 11) is 1.63. The van der Waals surface area contributed by atoms with Gasteiger partial charge in [0.1, 0.15) is 5.75 Å². The number of ether oxygens (including phenoxy) is 1. The molecule has 0 atom stereocenters. The van der Waals surface area contributed by atoms with Crippen LogP contribution in [0.4, 0.5) is 0 Å². The number of aromatic nitrogens is 1. The molecule has 5 nitrogen and oxygen atoms in total. The van der Waals surface area contributed by atoms with Crippen molar-refractivity contribution in [1.82, 2.24) is 9.99 Å². The van der Waals surface area contributed by atoms with Crippen molar-refractivity contribution >= 4 is 23.7 Å². The molecule has 0 aliphatic heterocycles. The minimum absolute atomic E-state index is 0.150. The highest BCUT2D eigenvalue weighted by Crippen LogP contribution is 2.30. The van der Waals surface area contributed by atoms with E-state index in [4.69, 9.17) is 16.3 Å². The fraction of sp³-hybridized carbons (Fsp3) is 0.250. The van der Waals surface area contributed by atoms with E-state index in [1.165, 1.54) is 5.56 Å². The lowest BCUT2D eigenvalue weighted by atomic mass is 10.0. The maximum absolute atomic E-state index is 12.3. The molecule has 0 radical (unpaired) electrons. The van der Waals surface area contributed by atoms with Crippen LogP contribution >= 0.6 is 11.6 Å². The fourth-order valence-electron chi connectivity index (χ4n) is 3.56. The first-order chi connectivity index (χ1) is 14.3. The SMILES string of the molecule is COc1ccc(Cl)cc1-n1c(C)cc(/C=N\NC(=O)Cc2ccc(C)cc2C)c1C. The van der Waals surface area contributed by atoms with Crippen molar-refractivity contribution in [1.29, 1.82) is 0 Å². The predicted octanol–water partition coefficient (Wildman–Crippen LogP) is 5.07. The number of hydrazone groups is 1. The van der Waals surface area contributed by atoms with E-state index in [0.29, 0.717) is 11.4 Å². The van der Waals surface area contributed by atoms with Gasteiger partial charge >= 0.3 is 0 Å². The van der Waals surface area contributed by atoms with Gasteiger partial charge in [0.15, 0.2) is 0 Å². The van der Waals surface area contributed by atoms with Crippen molar-refractivity contribution in [3.63, 3.8) is 0 Å². The van der Waals surface area contributed by atoms with Gasteiger partial charge in [0.25, 0.3) is 0 Å². The topological polar surface area (TPSA) is 55.6 Å². The molecule has 0 bridgehead atoms. The average Bonchev–Trinajstić information content (AvgIpc) is 2.97. The standard InChI is InChI=1S/C24H26ClN3O2/c1-15-6-7-19(16(2)10-15)12-24(29)27-26-14-20-11-17(3)28(18(20)4)22-13-21(25)8-9-23(22)30-5/h6-11,13-14H,12H2,1-5H3,(H,27,29)/b26-14-. The van der Waals surface area contributed by atoms with Gasteiger partial charge in [0, 0.05) is 22.0 Å². The second-order valence-corrected chi connectivity index (χ2v) is 7.81. The lowest BCUT2D eigenvalue weighted by molar-refractivity contribution is -0.120. The molecule has 0 unspecified atom stereocenters. The van der Waals surface area contributed by atoms with Crippen LogP contribution in [0.2, 0.25) is 5.02 Å². The molecule has 1 aromatic heterocycles. The van der Waals surface area contributed by atoms with Gasteiger partial charge in [0.05, 0.1) is 25.4 Å². The van der Waals surface area contributed by atoms with Crippen LogP contribution in [0.25, 0.3) is 5.69 Å². The minimum atomic E-state index is -0.150. The molecule has 2 aromatic carbocycles. The van der Waals surface area contributed by atoms with Crippen molar-refractivity contribution in [2.75, 3.05) is 7.11 Å². The van der Waals surface area contributed by atoms with Crippen molar-refractivity contribution in [3.05, 3.63) is 81.1 Å². The number of carbonyl (C=O) groups is 1. The van der Waals surface area contributed by atoms with E-state index in [1.54, 1.807) is 19.4 Å². The lowest BCUT2D eigenvalue weighted by Crippen LogP contribution is -2.20. The van der Waals surface area contributed by atoms with E-state index in [0.717, 1.165) is 39.5 Å². The molecule has 0 spiro atoms. The largest absolute Gasteiger partial charge is 0.495 e. The van der Waals surface area contributed by atoms with Crippen LogP contribution in [-0.2, 0) is 11.2 Å². The van der Waals surface area contributed by atoms with Gasteiger partial charge in [-0.3, -0.25) is 4.79 Å². The summed E-state index contributed by atoms with van der Waals surface area (Å²) in [5, 5.41) is 4.79. The number of hydrogen-bond acceptors (Lipinski definition) is 3. The Kier molecular flexibility index (Phi) is 6.63. The van der Waals surface area contributed by atoms with E-state index in [1.807, 2.05) is 58.0 Å². The number of carbonyl (C=O) groups excluding carboxylic acids is 1. The summed E-state index contributed by atoms with van der Waals surface area (Å²) >= 11 is 6.20. The van der Waals surface area contributed by atoms with Crippen LogP contribution in [0, 0.1) is 27.7 Å². The molecule has 0 saturated carbocycles. The number of methoxy groups -OCH3 is 1. The molecule has 6 heteroatoms. The number of nitrogens with zero attached hydrogens (tertiary/aromatic N) is 2. The number of halogens is 1. The molecular formula is C24H26ClN3O2. The Labute approximate surface area is 182 Å². The van der Waals surface area contributed by atoms with Crippen LogP contribution in [0.15, 0.2) is 47.6 Å². The normalized spacial score (nSPS) is 11.1. The average molecular weight is 424 g/mol. The Morgan fingerprint density at radius 2 is 1.90 bits per heavy atom. The van der Waals surface area contributed by atoms with E-state index in [9.17, 15) is 4.79 Å². The first kappa shape index (κ1) is 21.7. The smallest absolute Gasteiger partial charge is 0.244 e. The summed E-state index contributed by atoms with van der Waals surface area (Å²) < 4.78 is 7.55. The third-order valence-corrected chi connectivity index (χ3v) is 5.33. The Morgan fingerprint density at radius 3 is 2.60 bits per heavy atom. The van der Waals surface area contributed by atoms with Gasteiger partial charge in [-0.15, -0.1) is 0 Å². The molecule has 0 saturated heterocycles. The maximum atomic E-state index is 12.3.